The molecule has 27 heavy (non-hydrogen) atoms. The lowest BCUT2D eigenvalue weighted by atomic mass is 9.87. The highest BCUT2D eigenvalue weighted by atomic mass is 127. The molecule has 0 radical (unpaired) electrons. The van der Waals surface area contributed by atoms with Gasteiger partial charge in [0.15, 0.2) is 5.96 Å². The van der Waals surface area contributed by atoms with Crippen molar-refractivity contribution in [2.24, 2.45) is 10.4 Å². The van der Waals surface area contributed by atoms with Crippen LogP contribution in [0.3, 0.4) is 0 Å². The van der Waals surface area contributed by atoms with Gasteiger partial charge in [0.2, 0.25) is 0 Å². The van der Waals surface area contributed by atoms with Gasteiger partial charge in [-0.25, -0.2) is 0 Å². The lowest BCUT2D eigenvalue weighted by Crippen LogP contribution is -2.41. The van der Waals surface area contributed by atoms with Crippen molar-refractivity contribution in [3.63, 3.8) is 0 Å². The Hall–Kier alpha value is -1.61. The van der Waals surface area contributed by atoms with E-state index < -0.39 is 0 Å². The van der Waals surface area contributed by atoms with Gasteiger partial charge in [-0.15, -0.1) is 24.0 Å². The number of halogens is 1. The molecule has 2 saturated heterocycles. The van der Waals surface area contributed by atoms with E-state index in [0.717, 1.165) is 45.4 Å². The summed E-state index contributed by atoms with van der Waals surface area (Å²) in [5.41, 5.74) is 2.87. The van der Waals surface area contributed by atoms with E-state index in [4.69, 9.17) is 4.74 Å². The van der Waals surface area contributed by atoms with Crippen molar-refractivity contribution in [3.05, 3.63) is 53.9 Å². The summed E-state index contributed by atoms with van der Waals surface area (Å²) in [6.07, 6.45) is 6.18. The van der Waals surface area contributed by atoms with Gasteiger partial charge >= 0.3 is 0 Å². The van der Waals surface area contributed by atoms with E-state index in [2.05, 4.69) is 44.6 Å². The predicted molar refractivity (Wildman–Crippen MR) is 117 cm³/mol. The van der Waals surface area contributed by atoms with Crippen molar-refractivity contribution in [1.29, 1.82) is 0 Å². The Morgan fingerprint density at radius 3 is 2.74 bits per heavy atom. The van der Waals surface area contributed by atoms with Gasteiger partial charge in [-0.3, -0.25) is 9.67 Å². The van der Waals surface area contributed by atoms with Crippen LogP contribution in [-0.2, 0) is 17.8 Å². The molecule has 6 nitrogen and oxygen atoms in total. The first-order valence-electron chi connectivity index (χ1n) is 9.35. The van der Waals surface area contributed by atoms with E-state index in [1.54, 1.807) is 0 Å². The summed E-state index contributed by atoms with van der Waals surface area (Å²) in [7, 11) is 1.87. The van der Waals surface area contributed by atoms with E-state index in [1.165, 1.54) is 24.0 Å². The average Bonchev–Trinajstić information content (AvgIpc) is 3.41. The molecule has 1 unspecified atom stereocenters. The van der Waals surface area contributed by atoms with Gasteiger partial charge in [0.1, 0.15) is 0 Å². The zero-order valence-corrected chi connectivity index (χ0v) is 18.1. The normalized spacial score (nSPS) is 22.3. The molecule has 2 aliphatic heterocycles. The van der Waals surface area contributed by atoms with E-state index in [-0.39, 0.29) is 24.0 Å². The number of aliphatic imine (C=N–C) groups is 1. The van der Waals surface area contributed by atoms with Crippen LogP contribution in [0.25, 0.3) is 0 Å². The Balaban J connectivity index is 0.00000210. The van der Waals surface area contributed by atoms with Crippen molar-refractivity contribution in [3.8, 4) is 0 Å². The largest absolute Gasteiger partial charge is 0.381 e. The van der Waals surface area contributed by atoms with Crippen LogP contribution in [0.1, 0.15) is 24.0 Å². The molecule has 3 heterocycles. The number of nitrogens with zero attached hydrogens (tertiary/aromatic N) is 4. The molecule has 0 saturated carbocycles. The van der Waals surface area contributed by atoms with Crippen LogP contribution in [0, 0.1) is 5.41 Å². The average molecular weight is 481 g/mol. The standard InChI is InChI=1S/C20H27N5O.HI/c1-21-19(24-11-7-20(15-24)8-12-26-16-20)22-13-17-3-5-18(6-4-17)14-25-10-2-9-23-25;/h2-6,9-10H,7-8,11-16H2,1H3,(H,21,22);1H. The second-order valence-electron chi connectivity index (χ2n) is 7.40. The van der Waals surface area contributed by atoms with E-state index in [9.17, 15) is 0 Å². The van der Waals surface area contributed by atoms with Crippen molar-refractivity contribution >= 4 is 29.9 Å². The first kappa shape index (κ1) is 20.1. The smallest absolute Gasteiger partial charge is 0.193 e. The molecule has 1 aromatic heterocycles. The molecular weight excluding hydrogens is 453 g/mol. The number of likely N-dealkylation sites (tertiary alicyclic amines) is 1. The highest BCUT2D eigenvalue weighted by molar-refractivity contribution is 14.0. The van der Waals surface area contributed by atoms with Gasteiger partial charge < -0.3 is 15.0 Å². The Morgan fingerprint density at radius 2 is 2.07 bits per heavy atom. The fourth-order valence-corrected chi connectivity index (χ4v) is 3.94. The molecule has 2 fully saturated rings. The number of nitrogens with one attached hydrogen (secondary N) is 1. The van der Waals surface area contributed by atoms with Gasteiger partial charge in [0, 0.05) is 51.1 Å². The van der Waals surface area contributed by atoms with E-state index in [0.29, 0.717) is 5.41 Å². The molecular formula is C20H28IN5O. The molecule has 0 aliphatic carbocycles. The summed E-state index contributed by atoms with van der Waals surface area (Å²) in [5.74, 6) is 0.995. The molecule has 1 N–H and O–H groups in total. The zero-order chi connectivity index (χ0) is 17.8. The van der Waals surface area contributed by atoms with Crippen LogP contribution in [0.4, 0.5) is 0 Å². The number of hydrogen-bond donors (Lipinski definition) is 1. The monoisotopic (exact) mass is 481 g/mol. The summed E-state index contributed by atoms with van der Waals surface area (Å²) in [5, 5.41) is 7.77. The minimum atomic E-state index is 0. The van der Waals surface area contributed by atoms with Crippen molar-refractivity contribution in [2.45, 2.75) is 25.9 Å². The third-order valence-corrected chi connectivity index (χ3v) is 5.51. The first-order chi connectivity index (χ1) is 12.8. The molecule has 0 bridgehead atoms. The minimum Gasteiger partial charge on any atom is -0.381 e. The van der Waals surface area contributed by atoms with Gasteiger partial charge in [-0.05, 0) is 30.0 Å². The number of ether oxygens (including phenoxy) is 1. The number of aromatic nitrogens is 2. The third kappa shape index (κ3) is 4.82. The maximum Gasteiger partial charge on any atom is 0.193 e. The van der Waals surface area contributed by atoms with Gasteiger partial charge in [-0.2, -0.15) is 5.10 Å². The number of benzene rings is 1. The molecule has 7 heteroatoms. The molecule has 146 valence electrons. The van der Waals surface area contributed by atoms with E-state index >= 15 is 0 Å². The Morgan fingerprint density at radius 1 is 1.26 bits per heavy atom. The number of guanidine groups is 1. The van der Waals surface area contributed by atoms with Gasteiger partial charge in [-0.1, -0.05) is 24.3 Å². The molecule has 4 rings (SSSR count). The molecule has 1 atom stereocenters. The van der Waals surface area contributed by atoms with Crippen molar-refractivity contribution in [1.82, 2.24) is 20.0 Å². The fourth-order valence-electron chi connectivity index (χ4n) is 3.94. The summed E-state index contributed by atoms with van der Waals surface area (Å²) in [4.78, 5) is 6.86. The lowest BCUT2D eigenvalue weighted by Gasteiger charge is -2.25. The number of rotatable bonds is 4. The molecule has 1 spiro atoms. The van der Waals surface area contributed by atoms with Crippen LogP contribution in [0.5, 0.6) is 0 Å². The van der Waals surface area contributed by atoms with Crippen molar-refractivity contribution < 1.29 is 4.74 Å². The van der Waals surface area contributed by atoms with E-state index in [1.807, 2.05) is 30.2 Å². The van der Waals surface area contributed by atoms with Crippen LogP contribution < -0.4 is 5.32 Å². The summed E-state index contributed by atoms with van der Waals surface area (Å²) < 4.78 is 7.56. The Bertz CT molecular complexity index is 738. The van der Waals surface area contributed by atoms with Crippen LogP contribution >= 0.6 is 24.0 Å². The summed E-state index contributed by atoms with van der Waals surface area (Å²) >= 11 is 0. The van der Waals surface area contributed by atoms with Gasteiger partial charge in [0.05, 0.1) is 13.2 Å². The maximum atomic E-state index is 5.63. The second-order valence-corrected chi connectivity index (χ2v) is 7.40. The Labute approximate surface area is 178 Å². The topological polar surface area (TPSA) is 54.7 Å². The van der Waals surface area contributed by atoms with Crippen LogP contribution in [0.2, 0.25) is 0 Å². The molecule has 2 aliphatic rings. The Kier molecular flexibility index (Phi) is 6.75. The highest BCUT2D eigenvalue weighted by Crippen LogP contribution is 2.38. The lowest BCUT2D eigenvalue weighted by molar-refractivity contribution is 0.156. The quantitative estimate of drug-likeness (QED) is 0.415. The third-order valence-electron chi connectivity index (χ3n) is 5.51. The minimum absolute atomic E-state index is 0. The highest BCUT2D eigenvalue weighted by Gasteiger charge is 2.42. The second kappa shape index (κ2) is 9.05. The predicted octanol–water partition coefficient (Wildman–Crippen LogP) is 2.74. The summed E-state index contributed by atoms with van der Waals surface area (Å²) in [6.45, 7) is 5.51. The zero-order valence-electron chi connectivity index (χ0n) is 15.8. The van der Waals surface area contributed by atoms with Crippen LogP contribution in [-0.4, -0.2) is 54.0 Å². The summed E-state index contributed by atoms with van der Waals surface area (Å²) in [6, 6.07) is 10.6. The molecule has 0 amide bonds. The SMILES string of the molecule is CN=C(NCc1ccc(Cn2cccn2)cc1)N1CCC2(CCOC2)C1.I. The molecule has 2 aromatic rings. The number of hydrogen-bond acceptors (Lipinski definition) is 3. The van der Waals surface area contributed by atoms with Crippen molar-refractivity contribution in [2.75, 3.05) is 33.4 Å². The van der Waals surface area contributed by atoms with Crippen LogP contribution in [0.15, 0.2) is 47.7 Å². The fraction of sp³-hybridized carbons (Fsp3) is 0.500. The molecule has 1 aromatic carbocycles. The van der Waals surface area contributed by atoms with Gasteiger partial charge in [0.25, 0.3) is 0 Å². The maximum absolute atomic E-state index is 5.63. The first-order valence-corrected chi connectivity index (χ1v) is 9.35.